The first-order chi connectivity index (χ1) is 17.3. The molecule has 0 fully saturated rings. The number of rotatable bonds is 6. The zero-order valence-corrected chi connectivity index (χ0v) is 21.9. The number of aromatic nitrogens is 1. The fourth-order valence-corrected chi connectivity index (χ4v) is 5.41. The molecule has 2 amide bonds. The normalized spacial score (nSPS) is 11.0. The number of nitrogens with two attached hydrogens (primary N) is 1. The second-order valence-electron chi connectivity index (χ2n) is 8.00. The van der Waals surface area contributed by atoms with Gasteiger partial charge < -0.3 is 20.9 Å². The van der Waals surface area contributed by atoms with Crippen LogP contribution >= 0.6 is 12.4 Å². The summed E-state index contributed by atoms with van der Waals surface area (Å²) in [5.41, 5.74) is 6.35. The van der Waals surface area contributed by atoms with Gasteiger partial charge in [-0.15, -0.1) is 12.4 Å². The molecule has 0 aliphatic heterocycles. The quantitative estimate of drug-likeness (QED) is 0.156. The minimum atomic E-state index is -4.97. The number of amides is 2. The van der Waals surface area contributed by atoms with Crippen molar-refractivity contribution in [2.75, 3.05) is 16.4 Å². The van der Waals surface area contributed by atoms with E-state index in [9.17, 15) is 35.5 Å². The third-order valence-electron chi connectivity index (χ3n) is 5.40. The van der Waals surface area contributed by atoms with E-state index < -0.39 is 41.8 Å². The molecule has 204 valence electrons. The van der Waals surface area contributed by atoms with Crippen molar-refractivity contribution < 1.29 is 35.5 Å². The summed E-state index contributed by atoms with van der Waals surface area (Å²) in [6.07, 6.45) is 1.56. The number of hydrogen-bond donors (Lipinski definition) is 5. The summed E-state index contributed by atoms with van der Waals surface area (Å²) in [6.45, 7) is 0. The van der Waals surface area contributed by atoms with Crippen molar-refractivity contribution >= 4 is 131 Å². The molecule has 0 aliphatic rings. The van der Waals surface area contributed by atoms with E-state index in [2.05, 4.69) is 10.6 Å². The van der Waals surface area contributed by atoms with Crippen molar-refractivity contribution in [1.82, 2.24) is 4.57 Å². The number of halogens is 1. The molecule has 0 saturated carbocycles. The van der Waals surface area contributed by atoms with Gasteiger partial charge in [-0.25, -0.2) is 0 Å². The fraction of sp³-hybridized carbons (Fsp3) is 0.0435. The van der Waals surface area contributed by atoms with Crippen molar-refractivity contribution in [3.05, 3.63) is 78.1 Å². The molecule has 0 radical (unpaired) electrons. The second-order valence-corrected chi connectivity index (χ2v) is 10.8. The summed E-state index contributed by atoms with van der Waals surface area (Å²) in [6, 6.07) is 13.0. The number of nitrogens with one attached hydrogen (secondary N) is 2. The Morgan fingerprint density at radius 2 is 1.48 bits per heavy atom. The summed E-state index contributed by atoms with van der Waals surface area (Å²) in [5.74, 6) is -1.26. The molecule has 1 aromatic heterocycles. The SMILES string of the molecule is Cl.Cn1cc(N)cc1C(=O)Nc1cccc(C(=O)Nc2ccc3c(S(=O)(=O)O)cccc3c2S(=O)(=O)O)c1.[NaH].[NaH]. The molecular formula is C23H23ClN4Na2O8S2. The van der Waals surface area contributed by atoms with Gasteiger partial charge in [0.05, 0.1) is 11.4 Å². The number of fused-ring (bicyclic) bond motifs is 1. The van der Waals surface area contributed by atoms with Crippen LogP contribution in [0.2, 0.25) is 0 Å². The van der Waals surface area contributed by atoms with Crippen molar-refractivity contribution in [3.8, 4) is 0 Å². The van der Waals surface area contributed by atoms with Crippen LogP contribution in [0.1, 0.15) is 20.8 Å². The first-order valence-electron chi connectivity index (χ1n) is 10.4. The van der Waals surface area contributed by atoms with Gasteiger partial charge in [-0.05, 0) is 36.4 Å². The Morgan fingerprint density at radius 1 is 0.825 bits per heavy atom. The molecule has 0 unspecified atom stereocenters. The van der Waals surface area contributed by atoms with Crippen LogP contribution in [0, 0.1) is 0 Å². The molecule has 0 saturated heterocycles. The van der Waals surface area contributed by atoms with E-state index in [0.717, 1.165) is 12.1 Å². The van der Waals surface area contributed by atoms with E-state index in [-0.39, 0.29) is 105 Å². The van der Waals surface area contributed by atoms with Crippen LogP contribution in [-0.4, -0.2) is 101 Å². The molecule has 4 rings (SSSR count). The van der Waals surface area contributed by atoms with Crippen LogP contribution in [0.3, 0.4) is 0 Å². The molecule has 0 spiro atoms. The summed E-state index contributed by atoms with van der Waals surface area (Å²) < 4.78 is 68.7. The molecule has 1 heterocycles. The van der Waals surface area contributed by atoms with Crippen molar-refractivity contribution in [1.29, 1.82) is 0 Å². The first-order valence-corrected chi connectivity index (χ1v) is 13.3. The van der Waals surface area contributed by atoms with Gasteiger partial charge in [-0.3, -0.25) is 18.7 Å². The predicted octanol–water partition coefficient (Wildman–Crippen LogP) is 1.88. The first kappa shape index (κ1) is 36.1. The van der Waals surface area contributed by atoms with Crippen LogP contribution in [-0.2, 0) is 27.3 Å². The molecule has 12 nitrogen and oxygen atoms in total. The topological polar surface area (TPSA) is 198 Å². The number of benzene rings is 3. The number of nitrogens with zero attached hydrogens (tertiary/aromatic N) is 1. The maximum atomic E-state index is 13.0. The molecular weight excluding hydrogens is 606 g/mol. The fourth-order valence-electron chi connectivity index (χ4n) is 3.85. The average Bonchev–Trinajstić information content (AvgIpc) is 3.15. The summed E-state index contributed by atoms with van der Waals surface area (Å²) in [5, 5.41) is 4.61. The zero-order valence-electron chi connectivity index (χ0n) is 19.4. The van der Waals surface area contributed by atoms with Crippen molar-refractivity contribution in [2.45, 2.75) is 9.79 Å². The molecule has 6 N–H and O–H groups in total. The molecule has 17 heteroatoms. The Hall–Kier alpha value is -1.95. The van der Waals surface area contributed by atoms with Crippen LogP contribution in [0.5, 0.6) is 0 Å². The Balaban J connectivity index is 0.00000267. The number of aryl methyl sites for hydroxylation is 1. The van der Waals surface area contributed by atoms with E-state index in [4.69, 9.17) is 5.73 Å². The molecule has 40 heavy (non-hydrogen) atoms. The van der Waals surface area contributed by atoms with Crippen molar-refractivity contribution in [2.24, 2.45) is 7.05 Å². The Kier molecular flexibility index (Phi) is 12.5. The minimum absolute atomic E-state index is 0. The average molecular weight is 629 g/mol. The van der Waals surface area contributed by atoms with Crippen LogP contribution in [0.4, 0.5) is 17.1 Å². The van der Waals surface area contributed by atoms with Gasteiger partial charge >= 0.3 is 59.1 Å². The van der Waals surface area contributed by atoms with E-state index in [1.165, 1.54) is 53.1 Å². The van der Waals surface area contributed by atoms with E-state index in [1.807, 2.05) is 0 Å². The van der Waals surface area contributed by atoms with Crippen molar-refractivity contribution in [3.63, 3.8) is 0 Å². The van der Waals surface area contributed by atoms with Gasteiger partial charge in [0.15, 0.2) is 0 Å². The Labute approximate surface area is 280 Å². The monoisotopic (exact) mass is 628 g/mol. The Morgan fingerprint density at radius 3 is 2.05 bits per heavy atom. The van der Waals surface area contributed by atoms with Gasteiger partial charge in [0.2, 0.25) is 0 Å². The maximum absolute atomic E-state index is 13.0. The van der Waals surface area contributed by atoms with Gasteiger partial charge in [0.25, 0.3) is 32.1 Å². The van der Waals surface area contributed by atoms with E-state index in [1.54, 1.807) is 13.2 Å². The number of carbonyl (C=O) groups excluding carboxylic acids is 2. The Bertz CT molecular complexity index is 1810. The predicted molar refractivity (Wildman–Crippen MR) is 157 cm³/mol. The van der Waals surface area contributed by atoms with Gasteiger partial charge in [-0.2, -0.15) is 16.8 Å². The summed E-state index contributed by atoms with van der Waals surface area (Å²) in [4.78, 5) is 24.2. The molecule has 0 bridgehead atoms. The van der Waals surface area contributed by atoms with Gasteiger partial charge in [0.1, 0.15) is 15.5 Å². The van der Waals surface area contributed by atoms with Crippen LogP contribution in [0.15, 0.2) is 76.7 Å². The standard InChI is InChI=1S/C23H20N4O8S2.ClH.2Na.2H/c1-27-12-14(24)11-19(27)23(29)25-15-5-2-4-13(10-15)22(28)26-18-9-8-16-17(21(18)37(33,34)35)6-3-7-20(16)36(30,31)32;;;;;/h2-12H,24H2,1H3,(H,25,29)(H,26,28)(H,30,31,32)(H,33,34,35);1H;;;;. The molecule has 4 aromatic rings. The number of nitrogen functional groups attached to an aromatic ring is 1. The number of carbonyl (C=O) groups is 2. The zero-order chi connectivity index (χ0) is 27.1. The van der Waals surface area contributed by atoms with Crippen LogP contribution < -0.4 is 16.4 Å². The summed E-state index contributed by atoms with van der Waals surface area (Å²) >= 11 is 0. The van der Waals surface area contributed by atoms with Gasteiger partial charge in [-0.1, -0.05) is 24.3 Å². The summed E-state index contributed by atoms with van der Waals surface area (Å²) in [7, 11) is -8.04. The van der Waals surface area contributed by atoms with Crippen LogP contribution in [0.25, 0.3) is 10.8 Å². The van der Waals surface area contributed by atoms with E-state index in [0.29, 0.717) is 5.69 Å². The molecule has 0 atom stereocenters. The third-order valence-corrected chi connectivity index (χ3v) is 7.27. The molecule has 0 aliphatic carbocycles. The second kappa shape index (κ2) is 13.8. The van der Waals surface area contributed by atoms with E-state index >= 15 is 0 Å². The van der Waals surface area contributed by atoms with Gasteiger partial charge in [0, 0.05) is 35.3 Å². The molecule has 3 aromatic carbocycles. The number of anilines is 3. The number of hydrogen-bond acceptors (Lipinski definition) is 7. The third kappa shape index (κ3) is 7.86.